The summed E-state index contributed by atoms with van der Waals surface area (Å²) in [5.41, 5.74) is 0.928. The van der Waals surface area contributed by atoms with Crippen LogP contribution in [0.1, 0.15) is 24.2 Å². The van der Waals surface area contributed by atoms with Gasteiger partial charge in [-0.1, -0.05) is 41.7 Å². The van der Waals surface area contributed by atoms with Crippen molar-refractivity contribution in [2.24, 2.45) is 0 Å². The normalized spacial score (nSPS) is 12.6. The topological polar surface area (TPSA) is 49.3 Å². The van der Waals surface area contributed by atoms with Crippen molar-refractivity contribution >= 4 is 17.5 Å². The van der Waals surface area contributed by atoms with Crippen LogP contribution in [0.3, 0.4) is 0 Å². The van der Waals surface area contributed by atoms with Gasteiger partial charge in [0, 0.05) is 5.57 Å². The van der Waals surface area contributed by atoms with Crippen molar-refractivity contribution in [3.8, 4) is 11.8 Å². The molecular weight excluding hydrogens is 274 g/mol. The van der Waals surface area contributed by atoms with Crippen LogP contribution in [0.2, 0.25) is 5.02 Å². The SMILES string of the molecule is C=CC(C#C/C(C)=C(\C)O)NC(=O)c1ccccc1Cl. The maximum absolute atomic E-state index is 12.0. The second-order valence-electron chi connectivity index (χ2n) is 4.15. The van der Waals surface area contributed by atoms with Crippen LogP contribution < -0.4 is 5.32 Å². The van der Waals surface area contributed by atoms with Gasteiger partial charge in [-0.25, -0.2) is 0 Å². The number of aliphatic hydroxyl groups is 1. The maximum atomic E-state index is 12.0. The Labute approximate surface area is 124 Å². The number of aliphatic hydroxyl groups excluding tert-OH is 1. The number of hydrogen-bond donors (Lipinski definition) is 2. The fourth-order valence-corrected chi connectivity index (χ4v) is 1.52. The molecule has 1 rings (SSSR count). The minimum absolute atomic E-state index is 0.151. The number of carbonyl (C=O) groups is 1. The smallest absolute Gasteiger partial charge is 0.254 e. The zero-order valence-corrected chi connectivity index (χ0v) is 12.2. The lowest BCUT2D eigenvalue weighted by Crippen LogP contribution is -2.32. The van der Waals surface area contributed by atoms with Gasteiger partial charge in [0.1, 0.15) is 11.8 Å². The largest absolute Gasteiger partial charge is 0.512 e. The van der Waals surface area contributed by atoms with Crippen LogP contribution in [0.4, 0.5) is 0 Å². The molecule has 1 aromatic rings. The molecule has 2 N–H and O–H groups in total. The predicted octanol–water partition coefficient (Wildman–Crippen LogP) is 3.48. The summed E-state index contributed by atoms with van der Waals surface area (Å²) < 4.78 is 0. The number of nitrogens with one attached hydrogen (secondary N) is 1. The number of allylic oxidation sites excluding steroid dienone is 2. The highest BCUT2D eigenvalue weighted by atomic mass is 35.5. The van der Waals surface area contributed by atoms with Gasteiger partial charge in [0.05, 0.1) is 10.6 Å². The van der Waals surface area contributed by atoms with E-state index in [2.05, 4.69) is 23.7 Å². The van der Waals surface area contributed by atoms with Gasteiger partial charge in [0.2, 0.25) is 0 Å². The summed E-state index contributed by atoms with van der Waals surface area (Å²) >= 11 is 5.95. The Balaban J connectivity index is 2.85. The van der Waals surface area contributed by atoms with E-state index in [-0.39, 0.29) is 11.7 Å². The Morgan fingerprint density at radius 1 is 1.45 bits per heavy atom. The molecule has 0 aromatic heterocycles. The van der Waals surface area contributed by atoms with Crippen LogP contribution in [-0.4, -0.2) is 17.1 Å². The lowest BCUT2D eigenvalue weighted by Gasteiger charge is -2.09. The number of amides is 1. The highest BCUT2D eigenvalue weighted by Crippen LogP contribution is 2.14. The summed E-state index contributed by atoms with van der Waals surface area (Å²) in [5, 5.41) is 12.3. The first-order valence-corrected chi connectivity index (χ1v) is 6.39. The molecule has 0 fully saturated rings. The van der Waals surface area contributed by atoms with Crippen LogP contribution in [0.25, 0.3) is 0 Å². The predicted molar refractivity (Wildman–Crippen MR) is 81.7 cm³/mol. The Kier molecular flexibility index (Phi) is 5.89. The molecule has 0 aliphatic rings. The van der Waals surface area contributed by atoms with Crippen LogP contribution in [0, 0.1) is 11.8 Å². The van der Waals surface area contributed by atoms with E-state index in [4.69, 9.17) is 11.6 Å². The van der Waals surface area contributed by atoms with Crippen molar-refractivity contribution in [1.29, 1.82) is 0 Å². The third-order valence-corrected chi connectivity index (χ3v) is 2.93. The second kappa shape index (κ2) is 7.42. The number of rotatable bonds is 3. The van der Waals surface area contributed by atoms with E-state index in [0.29, 0.717) is 16.2 Å². The van der Waals surface area contributed by atoms with Gasteiger partial charge < -0.3 is 10.4 Å². The molecule has 0 heterocycles. The van der Waals surface area contributed by atoms with Crippen molar-refractivity contribution in [2.75, 3.05) is 0 Å². The minimum atomic E-state index is -0.520. The lowest BCUT2D eigenvalue weighted by molar-refractivity contribution is 0.0951. The van der Waals surface area contributed by atoms with E-state index < -0.39 is 6.04 Å². The van der Waals surface area contributed by atoms with E-state index in [0.717, 1.165) is 0 Å². The number of halogens is 1. The first-order valence-electron chi connectivity index (χ1n) is 6.01. The van der Waals surface area contributed by atoms with Gasteiger partial charge in [-0.3, -0.25) is 4.79 Å². The zero-order chi connectivity index (χ0) is 15.1. The van der Waals surface area contributed by atoms with E-state index >= 15 is 0 Å². The molecule has 4 heteroatoms. The third-order valence-electron chi connectivity index (χ3n) is 2.60. The number of carbonyl (C=O) groups excluding carboxylic acids is 1. The Hall–Kier alpha value is -2.18. The Morgan fingerprint density at radius 3 is 2.65 bits per heavy atom. The standard InChI is InChI=1S/C16H16ClNO2/c1-4-13(10-9-11(2)12(3)19)18-16(20)14-7-5-6-8-15(14)17/h4-8,13,19H,1H2,2-3H3,(H,18,20)/b12-11+. The molecule has 0 saturated heterocycles. The molecule has 0 aliphatic carbocycles. The minimum Gasteiger partial charge on any atom is -0.512 e. The third kappa shape index (κ3) is 4.49. The molecule has 1 unspecified atom stereocenters. The van der Waals surface area contributed by atoms with E-state index in [1.807, 2.05) is 0 Å². The molecule has 0 radical (unpaired) electrons. The van der Waals surface area contributed by atoms with E-state index in [1.54, 1.807) is 38.1 Å². The number of benzene rings is 1. The van der Waals surface area contributed by atoms with E-state index in [9.17, 15) is 9.90 Å². The number of hydrogen-bond acceptors (Lipinski definition) is 2. The quantitative estimate of drug-likeness (QED) is 0.508. The molecule has 0 bridgehead atoms. The maximum Gasteiger partial charge on any atom is 0.254 e. The zero-order valence-electron chi connectivity index (χ0n) is 11.4. The average molecular weight is 290 g/mol. The molecule has 1 amide bonds. The van der Waals surface area contributed by atoms with Crippen LogP contribution in [-0.2, 0) is 0 Å². The fourth-order valence-electron chi connectivity index (χ4n) is 1.29. The van der Waals surface area contributed by atoms with Crippen LogP contribution in [0.15, 0.2) is 48.3 Å². The van der Waals surface area contributed by atoms with Gasteiger partial charge in [-0.05, 0) is 26.0 Å². The summed E-state index contributed by atoms with van der Waals surface area (Å²) in [6.45, 7) is 6.87. The van der Waals surface area contributed by atoms with Gasteiger partial charge in [0.15, 0.2) is 0 Å². The van der Waals surface area contributed by atoms with Crippen LogP contribution >= 0.6 is 11.6 Å². The fraction of sp³-hybridized carbons (Fsp3) is 0.188. The van der Waals surface area contributed by atoms with Gasteiger partial charge in [0.25, 0.3) is 5.91 Å². The molecular formula is C16H16ClNO2. The monoisotopic (exact) mass is 289 g/mol. The first-order chi connectivity index (χ1) is 9.45. The Morgan fingerprint density at radius 2 is 2.10 bits per heavy atom. The second-order valence-corrected chi connectivity index (χ2v) is 4.55. The molecule has 3 nitrogen and oxygen atoms in total. The summed E-state index contributed by atoms with van der Waals surface area (Å²) in [5.74, 6) is 5.40. The molecule has 1 aromatic carbocycles. The first kappa shape index (κ1) is 15.9. The average Bonchev–Trinajstić information content (AvgIpc) is 2.43. The van der Waals surface area contributed by atoms with Crippen molar-refractivity contribution in [3.05, 3.63) is 58.8 Å². The molecule has 104 valence electrons. The summed E-state index contributed by atoms with van der Waals surface area (Å²) in [4.78, 5) is 12.0. The van der Waals surface area contributed by atoms with Gasteiger partial charge in [-0.2, -0.15) is 0 Å². The summed E-state index contributed by atoms with van der Waals surface area (Å²) in [6, 6.07) is 6.24. The van der Waals surface area contributed by atoms with Gasteiger partial charge in [-0.15, -0.1) is 6.58 Å². The van der Waals surface area contributed by atoms with Crippen molar-refractivity contribution in [3.63, 3.8) is 0 Å². The van der Waals surface area contributed by atoms with Gasteiger partial charge >= 0.3 is 0 Å². The van der Waals surface area contributed by atoms with Crippen LogP contribution in [0.5, 0.6) is 0 Å². The molecule has 0 aliphatic heterocycles. The highest BCUT2D eigenvalue weighted by molar-refractivity contribution is 6.33. The van der Waals surface area contributed by atoms with Crippen molar-refractivity contribution in [2.45, 2.75) is 19.9 Å². The van der Waals surface area contributed by atoms with Crippen molar-refractivity contribution < 1.29 is 9.90 Å². The van der Waals surface area contributed by atoms with Crippen molar-refractivity contribution in [1.82, 2.24) is 5.32 Å². The molecule has 0 spiro atoms. The summed E-state index contributed by atoms with van der Waals surface area (Å²) in [7, 11) is 0. The molecule has 1 atom stereocenters. The Bertz CT molecular complexity index is 604. The highest BCUT2D eigenvalue weighted by Gasteiger charge is 2.11. The summed E-state index contributed by atoms with van der Waals surface area (Å²) in [6.07, 6.45) is 1.52. The molecule has 0 saturated carbocycles. The van der Waals surface area contributed by atoms with E-state index in [1.165, 1.54) is 6.08 Å². The lowest BCUT2D eigenvalue weighted by atomic mass is 10.2. The molecule has 20 heavy (non-hydrogen) atoms.